The fourth-order valence-electron chi connectivity index (χ4n) is 3.30. The molecule has 1 heterocycles. The van der Waals surface area contributed by atoms with Crippen LogP contribution in [-0.4, -0.2) is 38.3 Å². The summed E-state index contributed by atoms with van der Waals surface area (Å²) in [6.07, 6.45) is 2.44. The summed E-state index contributed by atoms with van der Waals surface area (Å²) in [5.41, 5.74) is 1.32. The lowest BCUT2D eigenvalue weighted by Crippen LogP contribution is -2.28. The summed E-state index contributed by atoms with van der Waals surface area (Å²) in [4.78, 5) is 12.5. The molecule has 1 amide bonds. The molecule has 1 saturated heterocycles. The molecule has 0 bridgehead atoms. The number of carbonyl (C=O) groups excluding carboxylic acids is 1. The van der Waals surface area contributed by atoms with E-state index in [-0.39, 0.29) is 17.2 Å². The summed E-state index contributed by atoms with van der Waals surface area (Å²) < 4.78 is 33.1. The van der Waals surface area contributed by atoms with E-state index in [1.165, 1.54) is 10.4 Å². The molecule has 1 fully saturated rings. The minimum atomic E-state index is -3.67. The molecule has 156 valence electrons. The lowest BCUT2D eigenvalue weighted by atomic mass is 10.1. The Bertz CT molecular complexity index is 972. The highest BCUT2D eigenvalue weighted by Crippen LogP contribution is 2.31. The molecule has 0 aliphatic carbocycles. The van der Waals surface area contributed by atoms with Crippen molar-refractivity contribution in [3.63, 3.8) is 0 Å². The number of amides is 1. The Morgan fingerprint density at radius 1 is 1.17 bits per heavy atom. The number of hydrogen-bond acceptors (Lipinski definition) is 4. The molecule has 1 aliphatic heterocycles. The maximum Gasteiger partial charge on any atom is 0.246 e. The molecule has 0 radical (unpaired) electrons. The Labute approximate surface area is 176 Å². The topological polar surface area (TPSA) is 75.7 Å². The molecule has 0 saturated carbocycles. The Balaban J connectivity index is 1.76. The van der Waals surface area contributed by atoms with E-state index in [4.69, 9.17) is 16.3 Å². The zero-order valence-corrected chi connectivity index (χ0v) is 17.9. The van der Waals surface area contributed by atoms with E-state index in [1.54, 1.807) is 25.1 Å². The minimum absolute atomic E-state index is 0.0881. The van der Waals surface area contributed by atoms with Gasteiger partial charge in [-0.1, -0.05) is 29.8 Å². The van der Waals surface area contributed by atoms with Gasteiger partial charge >= 0.3 is 0 Å². The molecule has 6 nitrogen and oxygen atoms in total. The molecule has 1 aliphatic rings. The average molecular weight is 437 g/mol. The summed E-state index contributed by atoms with van der Waals surface area (Å²) in [6, 6.07) is 12.1. The van der Waals surface area contributed by atoms with Crippen molar-refractivity contribution in [1.29, 1.82) is 0 Å². The van der Waals surface area contributed by atoms with Crippen molar-refractivity contribution in [3.8, 4) is 5.75 Å². The number of benzene rings is 2. The van der Waals surface area contributed by atoms with Crippen molar-refractivity contribution in [2.24, 2.45) is 0 Å². The van der Waals surface area contributed by atoms with Gasteiger partial charge in [-0.25, -0.2) is 8.42 Å². The maximum absolute atomic E-state index is 13.0. The van der Waals surface area contributed by atoms with E-state index < -0.39 is 10.0 Å². The Morgan fingerprint density at radius 3 is 2.59 bits per heavy atom. The van der Waals surface area contributed by atoms with Gasteiger partial charge in [-0.3, -0.25) is 4.79 Å². The molecule has 2 aromatic rings. The van der Waals surface area contributed by atoms with Crippen LogP contribution in [0.5, 0.6) is 5.75 Å². The zero-order valence-electron chi connectivity index (χ0n) is 16.4. The zero-order chi connectivity index (χ0) is 20.9. The van der Waals surface area contributed by atoms with Crippen LogP contribution in [0.1, 0.15) is 31.7 Å². The Kier molecular flexibility index (Phi) is 7.16. The summed E-state index contributed by atoms with van der Waals surface area (Å²) in [7, 11) is -3.67. The third kappa shape index (κ3) is 5.29. The van der Waals surface area contributed by atoms with Crippen LogP contribution >= 0.6 is 11.6 Å². The summed E-state index contributed by atoms with van der Waals surface area (Å²) in [5.74, 6) is 0.0899. The SMILES string of the molecule is CCOc1ccc(NC(=O)CCc2ccccc2Cl)cc1S(=O)(=O)N1CCCC1. The molecular weight excluding hydrogens is 412 g/mol. The Hall–Kier alpha value is -2.09. The molecule has 29 heavy (non-hydrogen) atoms. The van der Waals surface area contributed by atoms with Crippen molar-refractivity contribution >= 4 is 33.2 Å². The number of nitrogens with one attached hydrogen (secondary N) is 1. The van der Waals surface area contributed by atoms with Gasteiger partial charge in [0, 0.05) is 30.2 Å². The predicted molar refractivity (Wildman–Crippen MR) is 114 cm³/mol. The van der Waals surface area contributed by atoms with E-state index >= 15 is 0 Å². The molecule has 2 aromatic carbocycles. The number of hydrogen-bond donors (Lipinski definition) is 1. The molecule has 0 spiro atoms. The van der Waals surface area contributed by atoms with Gasteiger partial charge in [0.05, 0.1) is 6.61 Å². The van der Waals surface area contributed by atoms with Crippen LogP contribution in [0.3, 0.4) is 0 Å². The van der Waals surface area contributed by atoms with E-state index in [0.717, 1.165) is 18.4 Å². The lowest BCUT2D eigenvalue weighted by molar-refractivity contribution is -0.116. The summed E-state index contributed by atoms with van der Waals surface area (Å²) >= 11 is 6.13. The average Bonchev–Trinajstić information content (AvgIpc) is 3.24. The number of rotatable bonds is 8. The quantitative estimate of drug-likeness (QED) is 0.676. The first kappa shape index (κ1) is 21.6. The van der Waals surface area contributed by atoms with Crippen LogP contribution in [0.25, 0.3) is 0 Å². The highest BCUT2D eigenvalue weighted by Gasteiger charge is 2.30. The minimum Gasteiger partial charge on any atom is -0.492 e. The normalized spacial score (nSPS) is 14.7. The molecule has 0 aromatic heterocycles. The highest BCUT2D eigenvalue weighted by atomic mass is 35.5. The van der Waals surface area contributed by atoms with Crippen molar-refractivity contribution in [3.05, 3.63) is 53.1 Å². The molecule has 0 atom stereocenters. The van der Waals surface area contributed by atoms with Crippen LogP contribution in [0.4, 0.5) is 5.69 Å². The maximum atomic E-state index is 13.0. The van der Waals surface area contributed by atoms with Gasteiger partial charge in [0.1, 0.15) is 10.6 Å². The number of ether oxygens (including phenoxy) is 1. The third-order valence-electron chi connectivity index (χ3n) is 4.79. The number of aryl methyl sites for hydroxylation is 1. The van der Waals surface area contributed by atoms with Gasteiger partial charge in [0.2, 0.25) is 15.9 Å². The van der Waals surface area contributed by atoms with Gasteiger partial charge in [0.25, 0.3) is 0 Å². The third-order valence-corrected chi connectivity index (χ3v) is 7.08. The van der Waals surface area contributed by atoms with Crippen LogP contribution in [0.15, 0.2) is 47.4 Å². The first-order valence-corrected chi connectivity index (χ1v) is 11.5. The van der Waals surface area contributed by atoms with Gasteiger partial charge in [0.15, 0.2) is 0 Å². The fraction of sp³-hybridized carbons (Fsp3) is 0.381. The van der Waals surface area contributed by atoms with E-state index in [1.807, 2.05) is 18.2 Å². The van der Waals surface area contributed by atoms with Crippen LogP contribution in [0, 0.1) is 0 Å². The van der Waals surface area contributed by atoms with Gasteiger partial charge < -0.3 is 10.1 Å². The number of carbonyl (C=O) groups is 1. The first-order valence-electron chi connectivity index (χ1n) is 9.72. The molecule has 3 rings (SSSR count). The van der Waals surface area contributed by atoms with Crippen molar-refractivity contribution in [2.75, 3.05) is 25.0 Å². The van der Waals surface area contributed by atoms with Gasteiger partial charge in [-0.15, -0.1) is 0 Å². The van der Waals surface area contributed by atoms with E-state index in [9.17, 15) is 13.2 Å². The molecule has 0 unspecified atom stereocenters. The highest BCUT2D eigenvalue weighted by molar-refractivity contribution is 7.89. The second kappa shape index (κ2) is 9.61. The van der Waals surface area contributed by atoms with Crippen molar-refractivity contribution < 1.29 is 17.9 Å². The molecular formula is C21H25ClN2O4S. The largest absolute Gasteiger partial charge is 0.492 e. The monoisotopic (exact) mass is 436 g/mol. The van der Waals surface area contributed by atoms with Crippen LogP contribution in [-0.2, 0) is 21.2 Å². The van der Waals surface area contributed by atoms with Gasteiger partial charge in [-0.2, -0.15) is 4.31 Å². The summed E-state index contributed by atoms with van der Waals surface area (Å²) in [6.45, 7) is 3.16. The van der Waals surface area contributed by atoms with Crippen LogP contribution < -0.4 is 10.1 Å². The lowest BCUT2D eigenvalue weighted by Gasteiger charge is -2.19. The summed E-state index contributed by atoms with van der Waals surface area (Å²) in [5, 5.41) is 3.41. The number of halogens is 1. The Morgan fingerprint density at radius 2 is 1.90 bits per heavy atom. The second-order valence-corrected chi connectivity index (χ2v) is 9.16. The fourth-order valence-corrected chi connectivity index (χ4v) is 5.21. The van der Waals surface area contributed by atoms with Crippen molar-refractivity contribution in [1.82, 2.24) is 4.31 Å². The second-order valence-electron chi connectivity index (χ2n) is 6.85. The standard InChI is InChI=1S/C21H25ClN2O4S/c1-2-28-19-11-10-17(15-20(19)29(26,27)24-13-5-6-14-24)23-21(25)12-9-16-7-3-4-8-18(16)22/h3-4,7-8,10-11,15H,2,5-6,9,12-14H2,1H3,(H,23,25). The predicted octanol–water partition coefficient (Wildman–Crippen LogP) is 4.09. The van der Waals surface area contributed by atoms with Crippen molar-refractivity contribution in [2.45, 2.75) is 37.5 Å². The number of sulfonamides is 1. The molecule has 8 heteroatoms. The number of nitrogens with zero attached hydrogens (tertiary/aromatic N) is 1. The smallest absolute Gasteiger partial charge is 0.246 e. The first-order chi connectivity index (χ1) is 13.9. The van der Waals surface area contributed by atoms with E-state index in [0.29, 0.717) is 42.6 Å². The molecule has 1 N–H and O–H groups in total. The number of anilines is 1. The van der Waals surface area contributed by atoms with Gasteiger partial charge in [-0.05, 0) is 56.0 Å². The van der Waals surface area contributed by atoms with Crippen LogP contribution in [0.2, 0.25) is 5.02 Å². The van der Waals surface area contributed by atoms with E-state index in [2.05, 4.69) is 5.32 Å².